The number of benzene rings is 2. The quantitative estimate of drug-likeness (QED) is 0.842. The van der Waals surface area contributed by atoms with Crippen molar-refractivity contribution in [3.8, 4) is 0 Å². The molecular formula is C19H26N2. The Balaban J connectivity index is 2.28. The van der Waals surface area contributed by atoms with Gasteiger partial charge in [-0.15, -0.1) is 0 Å². The Kier molecular flexibility index (Phi) is 5.97. The maximum absolute atomic E-state index is 5.65. The summed E-state index contributed by atoms with van der Waals surface area (Å²) in [5.41, 5.74) is 8.39. The van der Waals surface area contributed by atoms with Gasteiger partial charge >= 0.3 is 0 Å². The molecule has 1 atom stereocenters. The summed E-state index contributed by atoms with van der Waals surface area (Å²) in [6.45, 7) is 4.09. The molecule has 2 heteroatoms. The van der Waals surface area contributed by atoms with Crippen molar-refractivity contribution in [1.82, 2.24) is 4.90 Å². The summed E-state index contributed by atoms with van der Waals surface area (Å²) in [5, 5.41) is 0. The number of hydrogen-bond donors (Lipinski definition) is 1. The van der Waals surface area contributed by atoms with Gasteiger partial charge in [0.05, 0.1) is 0 Å². The van der Waals surface area contributed by atoms with Gasteiger partial charge in [0.2, 0.25) is 0 Å². The summed E-state index contributed by atoms with van der Waals surface area (Å²) in [4.78, 5) is 2.41. The van der Waals surface area contributed by atoms with Gasteiger partial charge < -0.3 is 10.6 Å². The van der Waals surface area contributed by atoms with Crippen molar-refractivity contribution in [2.75, 3.05) is 20.1 Å². The Morgan fingerprint density at radius 3 is 1.81 bits per heavy atom. The minimum Gasteiger partial charge on any atom is -0.330 e. The van der Waals surface area contributed by atoms with Crippen LogP contribution in [0.4, 0.5) is 0 Å². The summed E-state index contributed by atoms with van der Waals surface area (Å²) in [7, 11) is 2.19. The molecule has 112 valence electrons. The molecule has 2 aromatic rings. The van der Waals surface area contributed by atoms with E-state index in [2.05, 4.69) is 79.5 Å². The second kappa shape index (κ2) is 7.96. The van der Waals surface area contributed by atoms with Gasteiger partial charge in [-0.05, 0) is 44.6 Å². The van der Waals surface area contributed by atoms with Crippen molar-refractivity contribution in [3.63, 3.8) is 0 Å². The average Bonchev–Trinajstić information content (AvgIpc) is 2.54. The Labute approximate surface area is 128 Å². The highest BCUT2D eigenvalue weighted by Crippen LogP contribution is 2.30. The lowest BCUT2D eigenvalue weighted by molar-refractivity contribution is 0.237. The number of rotatable bonds is 7. The molecule has 0 fully saturated rings. The fourth-order valence-corrected chi connectivity index (χ4v) is 2.87. The molecule has 2 nitrogen and oxygen atoms in total. The van der Waals surface area contributed by atoms with Crippen LogP contribution in [0, 0.1) is 0 Å². The van der Waals surface area contributed by atoms with Crippen molar-refractivity contribution < 1.29 is 0 Å². The lowest BCUT2D eigenvalue weighted by Gasteiger charge is -2.33. The zero-order valence-corrected chi connectivity index (χ0v) is 13.1. The standard InChI is InChI=1S/C19H26N2/c1-16(21(2)15-9-14-20)19(17-10-5-3-6-11-17)18-12-7-4-8-13-18/h3-8,10-13,16,19H,9,14-15,20H2,1-2H3. The number of likely N-dealkylation sites (N-methyl/N-ethyl adjacent to an activating group) is 1. The first-order valence-corrected chi connectivity index (χ1v) is 7.74. The van der Waals surface area contributed by atoms with Crippen molar-refractivity contribution >= 4 is 0 Å². The SMILES string of the molecule is CC(C(c1ccccc1)c1ccccc1)N(C)CCCN. The van der Waals surface area contributed by atoms with E-state index in [-0.39, 0.29) is 0 Å². The molecule has 1 unspecified atom stereocenters. The zero-order valence-electron chi connectivity index (χ0n) is 13.1. The lowest BCUT2D eigenvalue weighted by atomic mass is 9.85. The van der Waals surface area contributed by atoms with E-state index in [0.29, 0.717) is 12.0 Å². The van der Waals surface area contributed by atoms with Crippen LogP contribution in [0.15, 0.2) is 60.7 Å². The third kappa shape index (κ3) is 4.16. The lowest BCUT2D eigenvalue weighted by Crippen LogP contribution is -2.36. The van der Waals surface area contributed by atoms with Gasteiger partial charge in [-0.3, -0.25) is 0 Å². The van der Waals surface area contributed by atoms with Gasteiger partial charge in [0, 0.05) is 12.0 Å². The predicted molar refractivity (Wildman–Crippen MR) is 90.5 cm³/mol. The van der Waals surface area contributed by atoms with Crippen molar-refractivity contribution in [1.29, 1.82) is 0 Å². The molecule has 0 bridgehead atoms. The Hall–Kier alpha value is -1.64. The normalized spacial score (nSPS) is 12.8. The highest BCUT2D eigenvalue weighted by molar-refractivity contribution is 5.34. The molecule has 0 aliphatic rings. The molecule has 0 amide bonds. The van der Waals surface area contributed by atoms with Crippen LogP contribution >= 0.6 is 0 Å². The van der Waals surface area contributed by atoms with Gasteiger partial charge in [-0.1, -0.05) is 60.7 Å². The third-order valence-corrected chi connectivity index (χ3v) is 4.21. The van der Waals surface area contributed by atoms with E-state index < -0.39 is 0 Å². The molecule has 0 aliphatic carbocycles. The number of hydrogen-bond acceptors (Lipinski definition) is 2. The molecule has 0 spiro atoms. The fraction of sp³-hybridized carbons (Fsp3) is 0.368. The van der Waals surface area contributed by atoms with E-state index in [1.54, 1.807) is 0 Å². The van der Waals surface area contributed by atoms with Gasteiger partial charge in [-0.25, -0.2) is 0 Å². The molecule has 2 N–H and O–H groups in total. The minimum absolute atomic E-state index is 0.384. The number of nitrogens with two attached hydrogens (primary N) is 1. The Bertz CT molecular complexity index is 470. The largest absolute Gasteiger partial charge is 0.330 e. The van der Waals surface area contributed by atoms with Gasteiger partial charge in [0.15, 0.2) is 0 Å². The summed E-state index contributed by atoms with van der Waals surface area (Å²) in [5.74, 6) is 0.384. The van der Waals surface area contributed by atoms with Gasteiger partial charge in [0.25, 0.3) is 0 Å². The molecule has 0 radical (unpaired) electrons. The van der Waals surface area contributed by atoms with Crippen LogP contribution in [0.3, 0.4) is 0 Å². The fourth-order valence-electron chi connectivity index (χ4n) is 2.87. The first kappa shape index (κ1) is 15.7. The highest BCUT2D eigenvalue weighted by atomic mass is 15.1. The monoisotopic (exact) mass is 282 g/mol. The summed E-state index contributed by atoms with van der Waals surface area (Å²) in [6.07, 6.45) is 1.04. The Morgan fingerprint density at radius 2 is 1.38 bits per heavy atom. The van der Waals surface area contributed by atoms with Gasteiger partial charge in [-0.2, -0.15) is 0 Å². The first-order chi connectivity index (χ1) is 10.2. The van der Waals surface area contributed by atoms with Crippen LogP contribution in [-0.2, 0) is 0 Å². The molecule has 21 heavy (non-hydrogen) atoms. The minimum atomic E-state index is 0.384. The van der Waals surface area contributed by atoms with Crippen LogP contribution in [0.5, 0.6) is 0 Å². The van der Waals surface area contributed by atoms with E-state index in [9.17, 15) is 0 Å². The summed E-state index contributed by atoms with van der Waals surface area (Å²) < 4.78 is 0. The van der Waals surface area contributed by atoms with E-state index in [4.69, 9.17) is 5.73 Å². The molecular weight excluding hydrogens is 256 g/mol. The molecule has 0 saturated heterocycles. The van der Waals surface area contributed by atoms with Gasteiger partial charge in [0.1, 0.15) is 0 Å². The maximum Gasteiger partial charge on any atom is 0.0242 e. The second-order valence-electron chi connectivity index (χ2n) is 5.66. The third-order valence-electron chi connectivity index (χ3n) is 4.21. The zero-order chi connectivity index (χ0) is 15.1. The second-order valence-corrected chi connectivity index (χ2v) is 5.66. The summed E-state index contributed by atoms with van der Waals surface area (Å²) in [6, 6.07) is 22.0. The highest BCUT2D eigenvalue weighted by Gasteiger charge is 2.23. The smallest absolute Gasteiger partial charge is 0.0242 e. The van der Waals surface area contributed by atoms with Crippen molar-refractivity contribution in [3.05, 3.63) is 71.8 Å². The van der Waals surface area contributed by atoms with E-state index in [1.807, 2.05) is 0 Å². The molecule has 0 aromatic heterocycles. The van der Waals surface area contributed by atoms with Crippen LogP contribution in [0.1, 0.15) is 30.4 Å². The first-order valence-electron chi connectivity index (χ1n) is 7.74. The van der Waals surface area contributed by atoms with Crippen LogP contribution in [-0.4, -0.2) is 31.1 Å². The van der Waals surface area contributed by atoms with Crippen molar-refractivity contribution in [2.24, 2.45) is 5.73 Å². The van der Waals surface area contributed by atoms with Crippen LogP contribution < -0.4 is 5.73 Å². The van der Waals surface area contributed by atoms with E-state index in [0.717, 1.165) is 19.5 Å². The van der Waals surface area contributed by atoms with Crippen molar-refractivity contribution in [2.45, 2.75) is 25.3 Å². The topological polar surface area (TPSA) is 29.3 Å². The predicted octanol–water partition coefficient (Wildman–Crippen LogP) is 3.49. The maximum atomic E-state index is 5.65. The summed E-state index contributed by atoms with van der Waals surface area (Å²) >= 11 is 0. The molecule has 0 aliphatic heterocycles. The van der Waals surface area contributed by atoms with Crippen LogP contribution in [0.2, 0.25) is 0 Å². The molecule has 2 aromatic carbocycles. The van der Waals surface area contributed by atoms with E-state index >= 15 is 0 Å². The number of nitrogens with zero attached hydrogens (tertiary/aromatic N) is 1. The molecule has 0 saturated carbocycles. The van der Waals surface area contributed by atoms with Crippen LogP contribution in [0.25, 0.3) is 0 Å². The van der Waals surface area contributed by atoms with E-state index in [1.165, 1.54) is 11.1 Å². The molecule has 2 rings (SSSR count). The Morgan fingerprint density at radius 1 is 0.905 bits per heavy atom. The molecule has 0 heterocycles. The average molecular weight is 282 g/mol.